The molecule has 0 bridgehead atoms. The molecule has 0 saturated heterocycles. The van der Waals surface area contributed by atoms with Crippen LogP contribution in [-0.2, 0) is 10.0 Å². The van der Waals surface area contributed by atoms with E-state index < -0.39 is 10.0 Å². The van der Waals surface area contributed by atoms with Gasteiger partial charge >= 0.3 is 0 Å². The minimum atomic E-state index is -3.61. The second-order valence-corrected chi connectivity index (χ2v) is 9.78. The molecule has 1 amide bonds. The van der Waals surface area contributed by atoms with Crippen molar-refractivity contribution in [1.29, 1.82) is 0 Å². The summed E-state index contributed by atoms with van der Waals surface area (Å²) >= 11 is 1.56. The van der Waals surface area contributed by atoms with E-state index in [2.05, 4.69) is 5.32 Å². The zero-order valence-corrected chi connectivity index (χ0v) is 17.5. The molecule has 1 aromatic heterocycles. The molecular formula is C21H22N2O3S2. The van der Waals surface area contributed by atoms with Gasteiger partial charge in [-0.15, -0.1) is 11.3 Å². The highest BCUT2D eigenvalue weighted by Crippen LogP contribution is 2.27. The number of hydrogen-bond acceptors (Lipinski definition) is 4. The Balaban J connectivity index is 1.92. The summed E-state index contributed by atoms with van der Waals surface area (Å²) in [6.45, 7) is 2.01. The number of hydrogen-bond donors (Lipinski definition) is 1. The van der Waals surface area contributed by atoms with Gasteiger partial charge in [-0.25, -0.2) is 12.7 Å². The molecule has 3 aromatic rings. The number of sulfonamides is 1. The van der Waals surface area contributed by atoms with Crippen LogP contribution in [-0.4, -0.2) is 32.7 Å². The number of nitrogens with zero attached hydrogens (tertiary/aromatic N) is 1. The standard InChI is InChI=1S/C21H22N2O3S2/c1-15-9-11-16(12-10-15)20(19-8-5-13-27-19)22-21(24)17-6-4-7-18(14-17)28(25,26)23(2)3/h4-14,20H,1-3H3,(H,22,24)/t20-/m0/s1. The molecular weight excluding hydrogens is 392 g/mol. The summed E-state index contributed by atoms with van der Waals surface area (Å²) in [5.74, 6) is -0.324. The summed E-state index contributed by atoms with van der Waals surface area (Å²) in [5.41, 5.74) is 2.41. The maximum atomic E-state index is 12.9. The fourth-order valence-corrected chi connectivity index (χ4v) is 4.51. The molecule has 0 aliphatic carbocycles. The molecule has 146 valence electrons. The van der Waals surface area contributed by atoms with Crippen LogP contribution in [0.15, 0.2) is 70.9 Å². The van der Waals surface area contributed by atoms with Crippen LogP contribution in [0.1, 0.15) is 32.4 Å². The number of benzene rings is 2. The van der Waals surface area contributed by atoms with Gasteiger partial charge in [-0.05, 0) is 42.1 Å². The van der Waals surface area contributed by atoms with Crippen LogP contribution in [0, 0.1) is 6.92 Å². The first kappa shape index (κ1) is 20.3. The third kappa shape index (κ3) is 4.32. The van der Waals surface area contributed by atoms with Crippen molar-refractivity contribution in [2.24, 2.45) is 0 Å². The third-order valence-electron chi connectivity index (χ3n) is 4.39. The Morgan fingerprint density at radius 2 is 1.75 bits per heavy atom. The van der Waals surface area contributed by atoms with Gasteiger partial charge in [-0.1, -0.05) is 42.0 Å². The van der Waals surface area contributed by atoms with E-state index in [9.17, 15) is 13.2 Å². The van der Waals surface area contributed by atoms with Gasteiger partial charge in [0.25, 0.3) is 5.91 Å². The maximum Gasteiger partial charge on any atom is 0.252 e. The van der Waals surface area contributed by atoms with E-state index in [0.717, 1.165) is 20.3 Å². The van der Waals surface area contributed by atoms with E-state index >= 15 is 0 Å². The number of nitrogens with one attached hydrogen (secondary N) is 1. The Kier molecular flexibility index (Phi) is 5.98. The molecule has 0 spiro atoms. The quantitative estimate of drug-likeness (QED) is 0.667. The maximum absolute atomic E-state index is 12.9. The van der Waals surface area contributed by atoms with Crippen molar-refractivity contribution in [3.05, 3.63) is 87.6 Å². The van der Waals surface area contributed by atoms with Crippen LogP contribution in [0.5, 0.6) is 0 Å². The average Bonchev–Trinajstić information content (AvgIpc) is 3.21. The first-order valence-corrected chi connectivity index (χ1v) is 11.0. The predicted molar refractivity (Wildman–Crippen MR) is 112 cm³/mol. The lowest BCUT2D eigenvalue weighted by atomic mass is 10.0. The average molecular weight is 415 g/mol. The number of thiophene rings is 1. The molecule has 0 aliphatic heterocycles. The van der Waals surface area contributed by atoms with Crippen molar-refractivity contribution >= 4 is 27.3 Å². The summed E-state index contributed by atoms with van der Waals surface area (Å²) in [6.07, 6.45) is 0. The zero-order valence-electron chi connectivity index (χ0n) is 15.9. The summed E-state index contributed by atoms with van der Waals surface area (Å²) in [4.78, 5) is 14.0. The zero-order chi connectivity index (χ0) is 20.3. The molecule has 0 saturated carbocycles. The van der Waals surface area contributed by atoms with Crippen LogP contribution in [0.3, 0.4) is 0 Å². The van der Waals surface area contributed by atoms with Gasteiger partial charge in [0, 0.05) is 24.5 Å². The molecule has 0 fully saturated rings. The van der Waals surface area contributed by atoms with E-state index in [1.165, 1.54) is 26.2 Å². The molecule has 0 unspecified atom stereocenters. The van der Waals surface area contributed by atoms with Crippen molar-refractivity contribution in [3.63, 3.8) is 0 Å². The Bertz CT molecular complexity index is 1060. The predicted octanol–water partition coefficient (Wildman–Crippen LogP) is 3.83. The minimum Gasteiger partial charge on any atom is -0.340 e. The summed E-state index contributed by atoms with van der Waals surface area (Å²) in [5, 5.41) is 5.01. The van der Waals surface area contributed by atoms with Crippen molar-refractivity contribution in [2.75, 3.05) is 14.1 Å². The van der Waals surface area contributed by atoms with Gasteiger partial charge in [0.2, 0.25) is 10.0 Å². The Morgan fingerprint density at radius 3 is 2.36 bits per heavy atom. The monoisotopic (exact) mass is 414 g/mol. The van der Waals surface area contributed by atoms with Crippen LogP contribution < -0.4 is 5.32 Å². The lowest BCUT2D eigenvalue weighted by molar-refractivity contribution is 0.0943. The van der Waals surface area contributed by atoms with Gasteiger partial charge < -0.3 is 5.32 Å². The number of carbonyl (C=O) groups is 1. The fraction of sp³-hybridized carbons (Fsp3) is 0.190. The second-order valence-electron chi connectivity index (χ2n) is 6.65. The van der Waals surface area contributed by atoms with Crippen LogP contribution in [0.4, 0.5) is 0 Å². The lowest BCUT2D eigenvalue weighted by Gasteiger charge is -2.19. The van der Waals surface area contributed by atoms with Gasteiger partial charge in [-0.2, -0.15) is 0 Å². The van der Waals surface area contributed by atoms with E-state index in [1.807, 2.05) is 48.7 Å². The van der Waals surface area contributed by atoms with Gasteiger partial charge in [0.15, 0.2) is 0 Å². The molecule has 5 nitrogen and oxygen atoms in total. The number of aryl methyl sites for hydroxylation is 1. The minimum absolute atomic E-state index is 0.0909. The van der Waals surface area contributed by atoms with Crippen LogP contribution in [0.2, 0.25) is 0 Å². The Hall–Kier alpha value is -2.48. The third-order valence-corrected chi connectivity index (χ3v) is 7.14. The first-order chi connectivity index (χ1) is 13.3. The van der Waals surface area contributed by atoms with E-state index in [4.69, 9.17) is 0 Å². The summed E-state index contributed by atoms with van der Waals surface area (Å²) < 4.78 is 25.9. The molecule has 1 N–H and O–H groups in total. The van der Waals surface area contributed by atoms with E-state index in [-0.39, 0.29) is 16.8 Å². The van der Waals surface area contributed by atoms with Crippen LogP contribution in [0.25, 0.3) is 0 Å². The lowest BCUT2D eigenvalue weighted by Crippen LogP contribution is -2.29. The normalized spacial score (nSPS) is 12.7. The molecule has 1 heterocycles. The van der Waals surface area contributed by atoms with Crippen molar-refractivity contribution < 1.29 is 13.2 Å². The highest BCUT2D eigenvalue weighted by molar-refractivity contribution is 7.89. The Labute approximate surface area is 169 Å². The van der Waals surface area contributed by atoms with E-state index in [1.54, 1.807) is 23.5 Å². The highest BCUT2D eigenvalue weighted by Gasteiger charge is 2.22. The number of carbonyl (C=O) groups excluding carboxylic acids is 1. The molecule has 7 heteroatoms. The molecule has 2 aromatic carbocycles. The SMILES string of the molecule is Cc1ccc([C@H](NC(=O)c2cccc(S(=O)(=O)N(C)C)c2)c2cccs2)cc1. The van der Waals surface area contributed by atoms with Gasteiger partial charge in [0.05, 0.1) is 10.9 Å². The number of rotatable bonds is 6. The van der Waals surface area contributed by atoms with Crippen molar-refractivity contribution in [2.45, 2.75) is 17.9 Å². The molecule has 0 aliphatic rings. The van der Waals surface area contributed by atoms with Crippen molar-refractivity contribution in [1.82, 2.24) is 9.62 Å². The largest absolute Gasteiger partial charge is 0.340 e. The van der Waals surface area contributed by atoms with Crippen molar-refractivity contribution in [3.8, 4) is 0 Å². The topological polar surface area (TPSA) is 66.5 Å². The van der Waals surface area contributed by atoms with Crippen LogP contribution >= 0.6 is 11.3 Å². The van der Waals surface area contributed by atoms with Gasteiger partial charge in [0.1, 0.15) is 0 Å². The number of amides is 1. The summed E-state index contributed by atoms with van der Waals surface area (Å²) in [6, 6.07) is 17.7. The summed E-state index contributed by atoms with van der Waals surface area (Å²) in [7, 11) is -0.677. The second kappa shape index (κ2) is 8.26. The van der Waals surface area contributed by atoms with Gasteiger partial charge in [-0.3, -0.25) is 4.79 Å². The highest BCUT2D eigenvalue weighted by atomic mass is 32.2. The first-order valence-electron chi connectivity index (χ1n) is 8.72. The fourth-order valence-electron chi connectivity index (χ4n) is 2.76. The Morgan fingerprint density at radius 1 is 1.04 bits per heavy atom. The molecule has 3 rings (SSSR count). The molecule has 1 atom stereocenters. The van der Waals surface area contributed by atoms with E-state index in [0.29, 0.717) is 5.56 Å². The smallest absolute Gasteiger partial charge is 0.252 e. The molecule has 28 heavy (non-hydrogen) atoms. The molecule has 0 radical (unpaired) electrons.